The number of anilines is 2. The van der Waals surface area contributed by atoms with Crippen molar-refractivity contribution in [1.82, 2.24) is 0 Å². The van der Waals surface area contributed by atoms with Crippen molar-refractivity contribution in [1.29, 1.82) is 0 Å². The number of nitrogens with one attached hydrogen (secondary N) is 2. The van der Waals surface area contributed by atoms with Crippen molar-refractivity contribution in [2.24, 2.45) is 5.92 Å². The van der Waals surface area contributed by atoms with Gasteiger partial charge in [0.15, 0.2) is 0 Å². The monoisotopic (exact) mass is 394 g/mol. The third-order valence-corrected chi connectivity index (χ3v) is 6.71. The normalized spacial score (nSPS) is 20.7. The second kappa shape index (κ2) is 8.02. The fourth-order valence-corrected chi connectivity index (χ4v) is 5.27. The number of fused-ring (bicyclic) bond motifs is 4. The van der Waals surface area contributed by atoms with Crippen LogP contribution in [0.1, 0.15) is 44.7 Å². The predicted octanol–water partition coefficient (Wildman–Crippen LogP) is 7.77. The molecule has 2 N–H and O–H groups in total. The zero-order chi connectivity index (χ0) is 20.5. The van der Waals surface area contributed by atoms with Crippen LogP contribution in [0.25, 0.3) is 21.5 Å². The average molecular weight is 395 g/mol. The highest BCUT2D eigenvalue weighted by Gasteiger charge is 2.36. The largest absolute Gasteiger partial charge is 0.382 e. The van der Waals surface area contributed by atoms with Crippen LogP contribution in [-0.2, 0) is 0 Å². The average Bonchev–Trinajstić information content (AvgIpc) is 2.79. The Morgan fingerprint density at radius 2 is 1.53 bits per heavy atom. The summed E-state index contributed by atoms with van der Waals surface area (Å²) in [5.41, 5.74) is 3.91. The Kier molecular flexibility index (Phi) is 5.08. The van der Waals surface area contributed by atoms with Gasteiger partial charge in [-0.2, -0.15) is 0 Å². The molecular formula is C28H30N2. The van der Waals surface area contributed by atoms with E-state index in [1.165, 1.54) is 51.3 Å². The Labute approximate surface area is 179 Å². The van der Waals surface area contributed by atoms with Gasteiger partial charge in [0.05, 0.1) is 6.04 Å². The van der Waals surface area contributed by atoms with E-state index in [-0.39, 0.29) is 6.04 Å². The van der Waals surface area contributed by atoms with Crippen LogP contribution >= 0.6 is 0 Å². The first-order valence-corrected chi connectivity index (χ1v) is 11.3. The summed E-state index contributed by atoms with van der Waals surface area (Å²) in [6, 6.07) is 29.5. The molecule has 0 saturated heterocycles. The summed E-state index contributed by atoms with van der Waals surface area (Å²) in [6.45, 7) is 4.62. The first kappa shape index (κ1) is 19.0. The molecule has 3 unspecified atom stereocenters. The van der Waals surface area contributed by atoms with Gasteiger partial charge in [-0.25, -0.2) is 0 Å². The molecule has 1 aliphatic rings. The SMILES string of the molecule is CCCC1Nc2ccc3ccccc3c2C(Nc2ccc3ccccc3c2)C1CC. The van der Waals surface area contributed by atoms with Crippen LogP contribution in [0.5, 0.6) is 0 Å². The third kappa shape index (κ3) is 3.31. The molecule has 0 aromatic heterocycles. The van der Waals surface area contributed by atoms with Gasteiger partial charge in [-0.3, -0.25) is 0 Å². The van der Waals surface area contributed by atoms with Gasteiger partial charge in [0.2, 0.25) is 0 Å². The van der Waals surface area contributed by atoms with E-state index in [4.69, 9.17) is 0 Å². The first-order valence-electron chi connectivity index (χ1n) is 11.3. The van der Waals surface area contributed by atoms with Crippen LogP contribution in [0.15, 0.2) is 78.9 Å². The van der Waals surface area contributed by atoms with Gasteiger partial charge >= 0.3 is 0 Å². The van der Waals surface area contributed by atoms with Crippen molar-refractivity contribution in [2.45, 2.75) is 45.2 Å². The van der Waals surface area contributed by atoms with E-state index in [2.05, 4.69) is 103 Å². The highest BCUT2D eigenvalue weighted by atomic mass is 15.0. The smallest absolute Gasteiger partial charge is 0.0587 e. The molecule has 2 heteroatoms. The van der Waals surface area contributed by atoms with Crippen molar-refractivity contribution in [2.75, 3.05) is 10.6 Å². The van der Waals surface area contributed by atoms with E-state index in [9.17, 15) is 0 Å². The maximum atomic E-state index is 3.97. The van der Waals surface area contributed by atoms with Crippen LogP contribution in [0.4, 0.5) is 11.4 Å². The lowest BCUT2D eigenvalue weighted by Crippen LogP contribution is -2.40. The number of hydrogen-bond acceptors (Lipinski definition) is 2. The summed E-state index contributed by atoms with van der Waals surface area (Å²) < 4.78 is 0. The van der Waals surface area contributed by atoms with Crippen molar-refractivity contribution in [3.05, 3.63) is 84.4 Å². The summed E-state index contributed by atoms with van der Waals surface area (Å²) in [6.07, 6.45) is 3.53. The van der Waals surface area contributed by atoms with Gasteiger partial charge in [0.1, 0.15) is 0 Å². The highest BCUT2D eigenvalue weighted by molar-refractivity contribution is 5.92. The lowest BCUT2D eigenvalue weighted by molar-refractivity contribution is 0.350. The Morgan fingerprint density at radius 3 is 2.33 bits per heavy atom. The Bertz CT molecular complexity index is 1180. The zero-order valence-corrected chi connectivity index (χ0v) is 17.9. The van der Waals surface area contributed by atoms with Crippen molar-refractivity contribution >= 4 is 32.9 Å². The molecule has 1 aliphatic heterocycles. The van der Waals surface area contributed by atoms with E-state index in [1.807, 2.05) is 0 Å². The summed E-state index contributed by atoms with van der Waals surface area (Å²) in [5, 5.41) is 13.1. The predicted molar refractivity (Wildman–Crippen MR) is 130 cm³/mol. The Morgan fingerprint density at radius 1 is 0.800 bits per heavy atom. The maximum Gasteiger partial charge on any atom is 0.0587 e. The van der Waals surface area contributed by atoms with Gasteiger partial charge in [-0.05, 0) is 52.6 Å². The molecule has 0 fully saturated rings. The fraction of sp³-hybridized carbons (Fsp3) is 0.286. The van der Waals surface area contributed by atoms with Crippen LogP contribution in [0, 0.1) is 5.92 Å². The van der Waals surface area contributed by atoms with Gasteiger partial charge in [0, 0.05) is 28.9 Å². The molecule has 0 radical (unpaired) electrons. The summed E-state index contributed by atoms with van der Waals surface area (Å²) in [7, 11) is 0. The molecule has 3 atom stereocenters. The molecule has 0 aliphatic carbocycles. The van der Waals surface area contributed by atoms with Crippen LogP contribution in [0.3, 0.4) is 0 Å². The number of hydrogen-bond donors (Lipinski definition) is 2. The minimum absolute atomic E-state index is 0.287. The maximum absolute atomic E-state index is 3.97. The molecule has 4 aromatic rings. The van der Waals surface area contributed by atoms with Gasteiger partial charge in [-0.1, -0.05) is 80.9 Å². The van der Waals surface area contributed by atoms with Crippen LogP contribution in [-0.4, -0.2) is 6.04 Å². The highest BCUT2D eigenvalue weighted by Crippen LogP contribution is 2.45. The molecule has 0 amide bonds. The van der Waals surface area contributed by atoms with E-state index in [0.717, 1.165) is 6.42 Å². The van der Waals surface area contributed by atoms with Crippen molar-refractivity contribution in [3.8, 4) is 0 Å². The van der Waals surface area contributed by atoms with Crippen molar-refractivity contribution < 1.29 is 0 Å². The molecule has 0 saturated carbocycles. The van der Waals surface area contributed by atoms with Gasteiger partial charge in [-0.15, -0.1) is 0 Å². The standard InChI is InChI=1S/C28H30N2/c1-3-9-25-23(4-2)28(29-22-16-14-19-10-5-6-12-21(19)18-22)27-24-13-8-7-11-20(24)15-17-26(27)30-25/h5-8,10-18,23,25,28-30H,3-4,9H2,1-2H3. The molecule has 0 bridgehead atoms. The van der Waals surface area contributed by atoms with E-state index < -0.39 is 0 Å². The Hall–Kier alpha value is -3.00. The Balaban J connectivity index is 1.64. The number of benzene rings is 4. The molecule has 5 rings (SSSR count). The molecule has 152 valence electrons. The molecule has 4 aromatic carbocycles. The van der Waals surface area contributed by atoms with E-state index >= 15 is 0 Å². The summed E-state index contributed by atoms with van der Waals surface area (Å²) in [5.74, 6) is 0.537. The van der Waals surface area contributed by atoms with Gasteiger partial charge in [0.25, 0.3) is 0 Å². The molecule has 30 heavy (non-hydrogen) atoms. The lowest BCUT2D eigenvalue weighted by atomic mass is 9.77. The molecule has 0 spiro atoms. The quantitative estimate of drug-likeness (QED) is 0.361. The minimum Gasteiger partial charge on any atom is -0.382 e. The lowest BCUT2D eigenvalue weighted by Gasteiger charge is -2.42. The topological polar surface area (TPSA) is 24.1 Å². The molecule has 1 heterocycles. The molecule has 2 nitrogen and oxygen atoms in total. The van der Waals surface area contributed by atoms with Crippen molar-refractivity contribution in [3.63, 3.8) is 0 Å². The fourth-order valence-electron chi connectivity index (χ4n) is 5.27. The zero-order valence-electron chi connectivity index (χ0n) is 17.9. The van der Waals surface area contributed by atoms with Crippen LogP contribution < -0.4 is 10.6 Å². The van der Waals surface area contributed by atoms with Gasteiger partial charge < -0.3 is 10.6 Å². The third-order valence-electron chi connectivity index (χ3n) is 6.71. The summed E-state index contributed by atoms with van der Waals surface area (Å²) >= 11 is 0. The minimum atomic E-state index is 0.287. The van der Waals surface area contributed by atoms with E-state index in [1.54, 1.807) is 0 Å². The summed E-state index contributed by atoms with van der Waals surface area (Å²) in [4.78, 5) is 0. The second-order valence-corrected chi connectivity index (χ2v) is 8.54. The second-order valence-electron chi connectivity index (χ2n) is 8.54. The number of rotatable bonds is 5. The van der Waals surface area contributed by atoms with E-state index in [0.29, 0.717) is 12.0 Å². The van der Waals surface area contributed by atoms with Crippen LogP contribution in [0.2, 0.25) is 0 Å². The molecular weight excluding hydrogens is 364 g/mol. The first-order chi connectivity index (χ1) is 14.8.